The van der Waals surface area contributed by atoms with Gasteiger partial charge in [0.25, 0.3) is 0 Å². The average Bonchev–Trinajstić information content (AvgIpc) is 3.04. The SMILES string of the molecule is CCCCCCCC(=O)N/N=C/c1ccc(-c2ccc(Br)cc2)o1. The molecule has 24 heavy (non-hydrogen) atoms. The summed E-state index contributed by atoms with van der Waals surface area (Å²) in [7, 11) is 0. The Hall–Kier alpha value is -1.88. The van der Waals surface area contributed by atoms with Gasteiger partial charge in [-0.3, -0.25) is 4.79 Å². The lowest BCUT2D eigenvalue weighted by molar-refractivity contribution is -0.121. The maximum absolute atomic E-state index is 11.7. The smallest absolute Gasteiger partial charge is 0.240 e. The van der Waals surface area contributed by atoms with Gasteiger partial charge in [-0.2, -0.15) is 5.10 Å². The van der Waals surface area contributed by atoms with Gasteiger partial charge in [0.05, 0.1) is 6.21 Å². The Morgan fingerprint density at radius 3 is 2.62 bits per heavy atom. The van der Waals surface area contributed by atoms with Crippen molar-refractivity contribution in [3.8, 4) is 11.3 Å². The fraction of sp³-hybridized carbons (Fsp3) is 0.368. The molecular weight excluding hydrogens is 368 g/mol. The van der Waals surface area contributed by atoms with E-state index in [1.165, 1.54) is 25.5 Å². The summed E-state index contributed by atoms with van der Waals surface area (Å²) in [5, 5.41) is 3.95. The second-order valence-electron chi connectivity index (χ2n) is 5.67. The van der Waals surface area contributed by atoms with Crippen LogP contribution in [0.2, 0.25) is 0 Å². The van der Waals surface area contributed by atoms with Gasteiger partial charge in [0.2, 0.25) is 5.91 Å². The van der Waals surface area contributed by atoms with E-state index in [1.54, 1.807) is 0 Å². The van der Waals surface area contributed by atoms with Crippen LogP contribution in [0.4, 0.5) is 0 Å². The maximum atomic E-state index is 11.7. The Labute approximate surface area is 151 Å². The molecule has 1 aromatic carbocycles. The molecule has 1 amide bonds. The highest BCUT2D eigenvalue weighted by molar-refractivity contribution is 9.10. The fourth-order valence-corrected chi connectivity index (χ4v) is 2.57. The minimum absolute atomic E-state index is 0.0533. The van der Waals surface area contributed by atoms with Crippen LogP contribution < -0.4 is 5.43 Å². The van der Waals surface area contributed by atoms with Crippen LogP contribution in [0.1, 0.15) is 51.2 Å². The molecule has 0 aliphatic heterocycles. The number of amides is 1. The number of hydrazone groups is 1. The third-order valence-electron chi connectivity index (χ3n) is 3.64. The first-order valence-corrected chi connectivity index (χ1v) is 9.16. The van der Waals surface area contributed by atoms with Crippen LogP contribution >= 0.6 is 15.9 Å². The molecule has 2 aromatic rings. The first-order valence-electron chi connectivity index (χ1n) is 8.36. The lowest BCUT2D eigenvalue weighted by Crippen LogP contribution is -2.16. The predicted molar refractivity (Wildman–Crippen MR) is 101 cm³/mol. The van der Waals surface area contributed by atoms with Gasteiger partial charge in [-0.05, 0) is 30.7 Å². The van der Waals surface area contributed by atoms with Crippen LogP contribution in [-0.4, -0.2) is 12.1 Å². The van der Waals surface area contributed by atoms with Gasteiger partial charge in [-0.15, -0.1) is 0 Å². The van der Waals surface area contributed by atoms with Crippen molar-refractivity contribution < 1.29 is 9.21 Å². The molecule has 0 saturated heterocycles. The molecule has 0 radical (unpaired) electrons. The summed E-state index contributed by atoms with van der Waals surface area (Å²) in [5.74, 6) is 1.32. The summed E-state index contributed by atoms with van der Waals surface area (Å²) in [6.07, 6.45) is 7.69. The molecule has 2 rings (SSSR count). The van der Waals surface area contributed by atoms with Crippen molar-refractivity contribution in [3.05, 3.63) is 46.6 Å². The molecule has 4 nitrogen and oxygen atoms in total. The molecule has 0 aliphatic carbocycles. The first-order chi connectivity index (χ1) is 11.7. The maximum Gasteiger partial charge on any atom is 0.240 e. The second kappa shape index (κ2) is 10.1. The number of carbonyl (C=O) groups is 1. The third kappa shape index (κ3) is 6.32. The molecule has 0 unspecified atom stereocenters. The quantitative estimate of drug-likeness (QED) is 0.348. The van der Waals surface area contributed by atoms with Gasteiger partial charge in [-0.25, -0.2) is 5.43 Å². The Balaban J connectivity index is 1.76. The summed E-state index contributed by atoms with van der Waals surface area (Å²) >= 11 is 3.41. The number of unbranched alkanes of at least 4 members (excludes halogenated alkanes) is 4. The van der Waals surface area contributed by atoms with Crippen molar-refractivity contribution in [2.24, 2.45) is 5.10 Å². The highest BCUT2D eigenvalue weighted by Crippen LogP contribution is 2.23. The van der Waals surface area contributed by atoms with Gasteiger partial charge >= 0.3 is 0 Å². The van der Waals surface area contributed by atoms with Crippen molar-refractivity contribution in [1.29, 1.82) is 0 Å². The van der Waals surface area contributed by atoms with Crippen molar-refractivity contribution >= 4 is 28.1 Å². The zero-order valence-corrected chi connectivity index (χ0v) is 15.5. The molecule has 0 atom stereocenters. The third-order valence-corrected chi connectivity index (χ3v) is 4.17. The van der Waals surface area contributed by atoms with Crippen molar-refractivity contribution in [2.75, 3.05) is 0 Å². The van der Waals surface area contributed by atoms with E-state index < -0.39 is 0 Å². The molecule has 0 bridgehead atoms. The summed E-state index contributed by atoms with van der Waals surface area (Å²) in [4.78, 5) is 11.7. The summed E-state index contributed by atoms with van der Waals surface area (Å²) in [6, 6.07) is 11.6. The van der Waals surface area contributed by atoms with Gasteiger partial charge in [0.15, 0.2) is 0 Å². The molecule has 0 fully saturated rings. The molecular formula is C19H23BrN2O2. The van der Waals surface area contributed by atoms with Gasteiger partial charge < -0.3 is 4.42 Å². The zero-order valence-electron chi connectivity index (χ0n) is 13.9. The lowest BCUT2D eigenvalue weighted by atomic mass is 10.1. The molecule has 0 spiro atoms. The highest BCUT2D eigenvalue weighted by atomic mass is 79.9. The molecule has 0 aliphatic rings. The molecule has 0 saturated carbocycles. The van der Waals surface area contributed by atoms with E-state index >= 15 is 0 Å². The Bertz CT molecular complexity index is 662. The number of hydrogen-bond acceptors (Lipinski definition) is 3. The Morgan fingerprint density at radius 1 is 1.12 bits per heavy atom. The molecule has 5 heteroatoms. The average molecular weight is 391 g/mol. The predicted octanol–water partition coefficient (Wildman–Crippen LogP) is 5.52. The van der Waals surface area contributed by atoms with E-state index in [0.717, 1.165) is 28.6 Å². The number of furan rings is 1. The van der Waals surface area contributed by atoms with Crippen LogP contribution in [0.25, 0.3) is 11.3 Å². The van der Waals surface area contributed by atoms with Gasteiger partial charge in [-0.1, -0.05) is 60.7 Å². The van der Waals surface area contributed by atoms with Crippen LogP contribution in [0, 0.1) is 0 Å². The summed E-state index contributed by atoms with van der Waals surface area (Å²) in [6.45, 7) is 2.18. The molecule has 1 aromatic heterocycles. The van der Waals surface area contributed by atoms with E-state index in [1.807, 2.05) is 36.4 Å². The molecule has 1 N–H and O–H groups in total. The van der Waals surface area contributed by atoms with E-state index in [-0.39, 0.29) is 5.91 Å². The fourth-order valence-electron chi connectivity index (χ4n) is 2.30. The number of nitrogens with zero attached hydrogens (tertiary/aromatic N) is 1. The number of carbonyl (C=O) groups excluding carboxylic acids is 1. The van der Waals surface area contributed by atoms with Crippen LogP contribution in [0.15, 0.2) is 50.4 Å². The normalized spacial score (nSPS) is 11.1. The molecule has 1 heterocycles. The number of halogens is 1. The molecule has 128 valence electrons. The topological polar surface area (TPSA) is 54.6 Å². The van der Waals surface area contributed by atoms with E-state index in [2.05, 4.69) is 33.4 Å². The Morgan fingerprint density at radius 2 is 1.88 bits per heavy atom. The van der Waals surface area contributed by atoms with Crippen molar-refractivity contribution in [3.63, 3.8) is 0 Å². The monoisotopic (exact) mass is 390 g/mol. The first kappa shape index (κ1) is 18.5. The zero-order chi connectivity index (χ0) is 17.2. The van der Waals surface area contributed by atoms with Crippen molar-refractivity contribution in [2.45, 2.75) is 45.4 Å². The van der Waals surface area contributed by atoms with Crippen molar-refractivity contribution in [1.82, 2.24) is 5.43 Å². The van der Waals surface area contributed by atoms with E-state index in [4.69, 9.17) is 4.42 Å². The minimum atomic E-state index is -0.0533. The number of nitrogens with one attached hydrogen (secondary N) is 1. The summed E-state index contributed by atoms with van der Waals surface area (Å²) < 4.78 is 6.73. The van der Waals surface area contributed by atoms with Gasteiger partial charge in [0.1, 0.15) is 11.5 Å². The lowest BCUT2D eigenvalue weighted by Gasteiger charge is -1.99. The summed E-state index contributed by atoms with van der Waals surface area (Å²) in [5.41, 5.74) is 3.54. The Kier molecular flexibility index (Phi) is 7.75. The largest absolute Gasteiger partial charge is 0.455 e. The highest BCUT2D eigenvalue weighted by Gasteiger charge is 2.04. The van der Waals surface area contributed by atoms with Gasteiger partial charge in [0, 0.05) is 16.5 Å². The standard InChI is InChI=1S/C19H23BrN2O2/c1-2-3-4-5-6-7-19(23)22-21-14-17-12-13-18(24-17)15-8-10-16(20)11-9-15/h8-14H,2-7H2,1H3,(H,22,23)/b21-14+. The van der Waals surface area contributed by atoms with E-state index in [9.17, 15) is 4.79 Å². The number of hydrogen-bond donors (Lipinski definition) is 1. The van der Waals surface area contributed by atoms with Crippen LogP contribution in [0.5, 0.6) is 0 Å². The van der Waals surface area contributed by atoms with E-state index in [0.29, 0.717) is 12.2 Å². The number of rotatable bonds is 9. The van der Waals surface area contributed by atoms with Crippen LogP contribution in [-0.2, 0) is 4.79 Å². The minimum Gasteiger partial charge on any atom is -0.455 e. The second-order valence-corrected chi connectivity index (χ2v) is 6.58. The van der Waals surface area contributed by atoms with Crippen LogP contribution in [0.3, 0.4) is 0 Å². The number of benzene rings is 1.